The molecule has 0 bridgehead atoms. The molecular weight excluding hydrogens is 232 g/mol. The molecule has 4 rings (SSSR count). The van der Waals surface area contributed by atoms with E-state index in [4.69, 9.17) is 0 Å². The van der Waals surface area contributed by atoms with Crippen molar-refractivity contribution in [2.75, 3.05) is 0 Å². The molecule has 0 spiro atoms. The molecule has 4 fully saturated rings. The molecule has 0 aromatic rings. The summed E-state index contributed by atoms with van der Waals surface area (Å²) in [6.07, 6.45) is 13.3. The van der Waals surface area contributed by atoms with E-state index < -0.39 is 0 Å². The van der Waals surface area contributed by atoms with Crippen LogP contribution in [0.15, 0.2) is 0 Å². The second-order valence-corrected chi connectivity index (χ2v) is 8.23. The van der Waals surface area contributed by atoms with E-state index in [0.717, 1.165) is 42.4 Å². The number of hydrogen-bond donors (Lipinski definition) is 0. The number of ketones is 1. The Hall–Kier alpha value is -0.330. The lowest BCUT2D eigenvalue weighted by molar-refractivity contribution is -0.134. The molecule has 0 radical (unpaired) electrons. The second-order valence-electron chi connectivity index (χ2n) is 8.23. The molecule has 19 heavy (non-hydrogen) atoms. The van der Waals surface area contributed by atoms with Gasteiger partial charge in [-0.2, -0.15) is 0 Å². The van der Waals surface area contributed by atoms with Gasteiger partial charge in [0.25, 0.3) is 0 Å². The molecule has 106 valence electrons. The number of rotatable bonds is 0. The van der Waals surface area contributed by atoms with E-state index in [0.29, 0.717) is 11.2 Å². The van der Waals surface area contributed by atoms with Gasteiger partial charge < -0.3 is 0 Å². The molecule has 0 saturated heterocycles. The van der Waals surface area contributed by atoms with E-state index in [1.165, 1.54) is 51.4 Å². The van der Waals surface area contributed by atoms with Crippen LogP contribution in [-0.4, -0.2) is 5.78 Å². The largest absolute Gasteiger partial charge is 0.300 e. The minimum absolute atomic E-state index is 0.518. The van der Waals surface area contributed by atoms with Gasteiger partial charge in [0, 0.05) is 12.8 Å². The second kappa shape index (κ2) is 4.33. The Labute approximate surface area is 117 Å². The monoisotopic (exact) mass is 260 g/mol. The fourth-order valence-corrected chi connectivity index (χ4v) is 6.66. The molecule has 0 amide bonds. The van der Waals surface area contributed by atoms with Crippen molar-refractivity contribution in [2.45, 2.75) is 71.1 Å². The molecule has 0 aromatic heterocycles. The van der Waals surface area contributed by atoms with E-state index in [9.17, 15) is 4.79 Å². The summed E-state index contributed by atoms with van der Waals surface area (Å²) in [5, 5.41) is 0. The van der Waals surface area contributed by atoms with Gasteiger partial charge >= 0.3 is 0 Å². The zero-order valence-electron chi connectivity index (χ0n) is 12.4. The van der Waals surface area contributed by atoms with Crippen molar-refractivity contribution in [3.8, 4) is 0 Å². The summed E-state index contributed by atoms with van der Waals surface area (Å²) in [6, 6.07) is 0. The van der Waals surface area contributed by atoms with Gasteiger partial charge in [-0.3, -0.25) is 4.79 Å². The maximum Gasteiger partial charge on any atom is 0.133 e. The first-order valence-electron chi connectivity index (χ1n) is 8.70. The zero-order valence-corrected chi connectivity index (χ0v) is 12.4. The molecule has 1 nitrogen and oxygen atoms in total. The lowest BCUT2D eigenvalue weighted by atomic mass is 9.47. The molecule has 0 aliphatic heterocycles. The summed E-state index contributed by atoms with van der Waals surface area (Å²) < 4.78 is 0. The maximum atomic E-state index is 11.8. The number of Topliss-reactive ketones (excluding diaryl/α,β-unsaturated/α-hetero) is 1. The van der Waals surface area contributed by atoms with Crippen LogP contribution in [0, 0.1) is 35.0 Å². The lowest BCUT2D eigenvalue weighted by Crippen LogP contribution is -2.51. The zero-order chi connectivity index (χ0) is 13.0. The smallest absolute Gasteiger partial charge is 0.133 e. The average molecular weight is 260 g/mol. The summed E-state index contributed by atoms with van der Waals surface area (Å²) in [7, 11) is 0. The Morgan fingerprint density at radius 1 is 1.00 bits per heavy atom. The Morgan fingerprint density at radius 2 is 1.89 bits per heavy atom. The van der Waals surface area contributed by atoms with Crippen LogP contribution in [0.25, 0.3) is 0 Å². The van der Waals surface area contributed by atoms with Crippen LogP contribution in [0.1, 0.15) is 71.1 Å². The first-order valence-corrected chi connectivity index (χ1v) is 8.70. The van der Waals surface area contributed by atoms with Gasteiger partial charge in [-0.05, 0) is 73.5 Å². The van der Waals surface area contributed by atoms with Crippen LogP contribution in [0.3, 0.4) is 0 Å². The highest BCUT2D eigenvalue weighted by Crippen LogP contribution is 2.62. The van der Waals surface area contributed by atoms with Crippen molar-refractivity contribution in [3.05, 3.63) is 0 Å². The Balaban J connectivity index is 1.62. The summed E-state index contributed by atoms with van der Waals surface area (Å²) in [6.45, 7) is 2.55. The Morgan fingerprint density at radius 3 is 2.79 bits per heavy atom. The summed E-state index contributed by atoms with van der Waals surface area (Å²) >= 11 is 0. The van der Waals surface area contributed by atoms with Crippen LogP contribution in [-0.2, 0) is 4.79 Å². The van der Waals surface area contributed by atoms with Crippen LogP contribution in [0.4, 0.5) is 0 Å². The van der Waals surface area contributed by atoms with Gasteiger partial charge in [-0.25, -0.2) is 0 Å². The molecule has 0 aromatic carbocycles. The van der Waals surface area contributed by atoms with Crippen molar-refractivity contribution in [1.82, 2.24) is 0 Å². The first-order chi connectivity index (χ1) is 9.18. The molecular formula is C18H28O. The molecule has 4 aliphatic rings. The summed E-state index contributed by atoms with van der Waals surface area (Å²) in [4.78, 5) is 11.8. The summed E-state index contributed by atoms with van der Waals surface area (Å²) in [5.74, 6) is 5.40. The van der Waals surface area contributed by atoms with Gasteiger partial charge in [0.1, 0.15) is 5.78 Å². The maximum absolute atomic E-state index is 11.8. The predicted octanol–water partition coefficient (Wildman–Crippen LogP) is 4.60. The highest BCUT2D eigenvalue weighted by molar-refractivity contribution is 5.79. The number of hydrogen-bond acceptors (Lipinski definition) is 1. The third-order valence-electron chi connectivity index (χ3n) is 7.68. The molecule has 6 atom stereocenters. The number of fused-ring (bicyclic) bond motifs is 5. The van der Waals surface area contributed by atoms with Crippen molar-refractivity contribution in [1.29, 1.82) is 0 Å². The van der Waals surface area contributed by atoms with Crippen molar-refractivity contribution in [3.63, 3.8) is 0 Å². The molecule has 0 heterocycles. The molecule has 0 N–H and O–H groups in total. The van der Waals surface area contributed by atoms with Crippen LogP contribution in [0.5, 0.6) is 0 Å². The highest BCUT2D eigenvalue weighted by Gasteiger charge is 2.54. The third kappa shape index (κ3) is 1.76. The molecule has 4 aliphatic carbocycles. The topological polar surface area (TPSA) is 17.1 Å². The standard InChI is InChI=1S/C18H28O/c1-18-10-9-14(19)11-13(18)6-7-16-15-4-2-3-12(15)5-8-17(16)18/h12-13,15-17H,2-11H2,1H3/t12?,13-,15+,16?,17-,18?/m0/s1. The van der Waals surface area contributed by atoms with Gasteiger partial charge in [0.05, 0.1) is 0 Å². The minimum Gasteiger partial charge on any atom is -0.300 e. The summed E-state index contributed by atoms with van der Waals surface area (Å²) in [5.41, 5.74) is 0.518. The quantitative estimate of drug-likeness (QED) is 0.622. The van der Waals surface area contributed by atoms with Gasteiger partial charge in [0.15, 0.2) is 0 Å². The van der Waals surface area contributed by atoms with Gasteiger partial charge in [0.2, 0.25) is 0 Å². The normalized spacial score (nSPS) is 53.3. The van der Waals surface area contributed by atoms with E-state index in [2.05, 4.69) is 6.92 Å². The van der Waals surface area contributed by atoms with Crippen molar-refractivity contribution in [2.24, 2.45) is 35.0 Å². The molecule has 3 unspecified atom stereocenters. The SMILES string of the molecule is CC12CCC(=O)C[C@@H]1CCC1[C@@H]3CCCC3CC[C@@H]12. The lowest BCUT2D eigenvalue weighted by Gasteiger charge is -2.57. The number of carbonyl (C=O) groups excluding carboxylic acids is 1. The van der Waals surface area contributed by atoms with Gasteiger partial charge in [-0.15, -0.1) is 0 Å². The van der Waals surface area contributed by atoms with Crippen LogP contribution < -0.4 is 0 Å². The molecule has 4 saturated carbocycles. The van der Waals surface area contributed by atoms with Crippen LogP contribution >= 0.6 is 0 Å². The Kier molecular flexibility index (Phi) is 2.83. The number of carbonyl (C=O) groups is 1. The fraction of sp³-hybridized carbons (Fsp3) is 0.944. The van der Waals surface area contributed by atoms with Crippen LogP contribution in [0.2, 0.25) is 0 Å². The van der Waals surface area contributed by atoms with E-state index in [-0.39, 0.29) is 0 Å². The third-order valence-corrected chi connectivity index (χ3v) is 7.68. The molecule has 1 heteroatoms. The van der Waals surface area contributed by atoms with E-state index >= 15 is 0 Å². The minimum atomic E-state index is 0.518. The van der Waals surface area contributed by atoms with E-state index in [1.54, 1.807) is 0 Å². The van der Waals surface area contributed by atoms with Crippen molar-refractivity contribution < 1.29 is 4.79 Å². The van der Waals surface area contributed by atoms with E-state index in [1.807, 2.05) is 0 Å². The van der Waals surface area contributed by atoms with Crippen molar-refractivity contribution >= 4 is 5.78 Å². The van der Waals surface area contributed by atoms with Gasteiger partial charge in [-0.1, -0.05) is 19.8 Å². The first kappa shape index (κ1) is 12.4. The fourth-order valence-electron chi connectivity index (χ4n) is 6.66. The predicted molar refractivity (Wildman–Crippen MR) is 76.7 cm³/mol. The Bertz CT molecular complexity index is 387. The highest BCUT2D eigenvalue weighted by atomic mass is 16.1. The average Bonchev–Trinajstić information content (AvgIpc) is 2.88.